The van der Waals surface area contributed by atoms with Crippen molar-refractivity contribution in [2.24, 2.45) is 5.73 Å². The third kappa shape index (κ3) is 5.44. The molecule has 0 radical (unpaired) electrons. The average Bonchev–Trinajstić information content (AvgIpc) is 2.42. The predicted octanol–water partition coefficient (Wildman–Crippen LogP) is 1.52. The second kappa shape index (κ2) is 7.45. The van der Waals surface area contributed by atoms with Crippen LogP contribution in [0.15, 0.2) is 24.3 Å². The number of amides is 2. The van der Waals surface area contributed by atoms with E-state index in [4.69, 9.17) is 11.0 Å². The maximum atomic E-state index is 12.4. The van der Waals surface area contributed by atoms with Crippen LogP contribution in [0.4, 0.5) is 13.2 Å². The van der Waals surface area contributed by atoms with Crippen molar-refractivity contribution in [1.29, 1.82) is 5.26 Å². The van der Waals surface area contributed by atoms with Crippen molar-refractivity contribution in [1.82, 2.24) is 5.32 Å². The Hall–Kier alpha value is -2.56. The van der Waals surface area contributed by atoms with Gasteiger partial charge in [-0.2, -0.15) is 18.4 Å². The highest BCUT2D eigenvalue weighted by Crippen LogP contribution is 2.29. The summed E-state index contributed by atoms with van der Waals surface area (Å²) in [5.74, 6) is -1.32. The van der Waals surface area contributed by atoms with E-state index in [-0.39, 0.29) is 19.3 Å². The SMILES string of the molecule is N#CCC[C@H](NC(=O)Cc1ccc(C(F)(F)F)cc1)C(N)=O. The molecule has 1 aromatic rings. The molecule has 0 saturated heterocycles. The van der Waals surface area contributed by atoms with Crippen molar-refractivity contribution in [2.75, 3.05) is 0 Å². The highest BCUT2D eigenvalue weighted by Gasteiger charge is 2.30. The predicted molar refractivity (Wildman–Crippen MR) is 71.1 cm³/mol. The van der Waals surface area contributed by atoms with E-state index in [9.17, 15) is 22.8 Å². The number of hydrogen-bond acceptors (Lipinski definition) is 3. The number of benzene rings is 1. The van der Waals surface area contributed by atoms with Gasteiger partial charge in [-0.3, -0.25) is 9.59 Å². The van der Waals surface area contributed by atoms with Gasteiger partial charge >= 0.3 is 6.18 Å². The zero-order chi connectivity index (χ0) is 16.8. The Morgan fingerprint density at radius 3 is 2.32 bits per heavy atom. The lowest BCUT2D eigenvalue weighted by Crippen LogP contribution is -2.44. The van der Waals surface area contributed by atoms with Crippen molar-refractivity contribution in [3.63, 3.8) is 0 Å². The van der Waals surface area contributed by atoms with Gasteiger partial charge in [0.05, 0.1) is 18.1 Å². The van der Waals surface area contributed by atoms with Crippen LogP contribution in [0.2, 0.25) is 0 Å². The van der Waals surface area contributed by atoms with Gasteiger partial charge in [0.25, 0.3) is 0 Å². The molecular weight excluding hydrogens is 299 g/mol. The van der Waals surface area contributed by atoms with Crippen LogP contribution in [0.5, 0.6) is 0 Å². The fourth-order valence-corrected chi connectivity index (χ4v) is 1.74. The van der Waals surface area contributed by atoms with Crippen LogP contribution in [-0.2, 0) is 22.2 Å². The maximum Gasteiger partial charge on any atom is 0.416 e. The summed E-state index contributed by atoms with van der Waals surface area (Å²) in [7, 11) is 0. The third-order valence-corrected chi connectivity index (χ3v) is 2.87. The molecule has 1 rings (SSSR count). The first-order valence-corrected chi connectivity index (χ1v) is 6.36. The molecule has 0 spiro atoms. The van der Waals surface area contributed by atoms with E-state index in [2.05, 4.69) is 5.32 Å². The number of nitrogens with two attached hydrogens (primary N) is 1. The van der Waals surface area contributed by atoms with Crippen molar-refractivity contribution in [3.8, 4) is 6.07 Å². The molecule has 0 aliphatic heterocycles. The first-order valence-electron chi connectivity index (χ1n) is 6.36. The fourth-order valence-electron chi connectivity index (χ4n) is 1.74. The van der Waals surface area contributed by atoms with Crippen LogP contribution in [0.1, 0.15) is 24.0 Å². The summed E-state index contributed by atoms with van der Waals surface area (Å²) in [6.07, 6.45) is -4.48. The Kier molecular flexibility index (Phi) is 5.92. The highest BCUT2D eigenvalue weighted by molar-refractivity contribution is 5.87. The lowest BCUT2D eigenvalue weighted by atomic mass is 10.1. The number of carbonyl (C=O) groups is 2. The Morgan fingerprint density at radius 1 is 1.27 bits per heavy atom. The molecular formula is C14H14F3N3O2. The zero-order valence-corrected chi connectivity index (χ0v) is 11.5. The van der Waals surface area contributed by atoms with Crippen molar-refractivity contribution < 1.29 is 22.8 Å². The molecule has 2 amide bonds. The molecule has 8 heteroatoms. The van der Waals surface area contributed by atoms with Gasteiger partial charge in [-0.25, -0.2) is 0 Å². The van der Waals surface area contributed by atoms with E-state index in [1.165, 1.54) is 12.1 Å². The summed E-state index contributed by atoms with van der Waals surface area (Å²) >= 11 is 0. The third-order valence-electron chi connectivity index (χ3n) is 2.87. The quantitative estimate of drug-likeness (QED) is 0.833. The van der Waals surface area contributed by atoms with Crippen molar-refractivity contribution in [2.45, 2.75) is 31.5 Å². The van der Waals surface area contributed by atoms with E-state index < -0.39 is 29.6 Å². The molecule has 3 N–H and O–H groups in total. The molecule has 22 heavy (non-hydrogen) atoms. The molecule has 0 fully saturated rings. The minimum absolute atomic E-state index is 0.0498. The highest BCUT2D eigenvalue weighted by atomic mass is 19.4. The maximum absolute atomic E-state index is 12.4. The molecule has 0 aromatic heterocycles. The number of hydrogen-bond donors (Lipinski definition) is 2. The molecule has 5 nitrogen and oxygen atoms in total. The molecule has 0 aliphatic rings. The lowest BCUT2D eigenvalue weighted by molar-refractivity contribution is -0.137. The van der Waals surface area contributed by atoms with Gasteiger partial charge in [0.15, 0.2) is 0 Å². The fraction of sp³-hybridized carbons (Fsp3) is 0.357. The summed E-state index contributed by atoms with van der Waals surface area (Å²) in [5, 5.41) is 10.8. The average molecular weight is 313 g/mol. The summed E-state index contributed by atoms with van der Waals surface area (Å²) in [4.78, 5) is 22.9. The number of nitrogens with zero attached hydrogens (tertiary/aromatic N) is 1. The summed E-state index contributed by atoms with van der Waals surface area (Å²) in [6.45, 7) is 0. The van der Waals surface area contributed by atoms with Crippen LogP contribution in [0.3, 0.4) is 0 Å². The van der Waals surface area contributed by atoms with Crippen LogP contribution in [-0.4, -0.2) is 17.9 Å². The first-order chi connectivity index (χ1) is 10.2. The number of primary amides is 1. The van der Waals surface area contributed by atoms with Crippen molar-refractivity contribution in [3.05, 3.63) is 35.4 Å². The Balaban J connectivity index is 2.64. The smallest absolute Gasteiger partial charge is 0.368 e. The monoisotopic (exact) mass is 313 g/mol. The molecule has 0 aliphatic carbocycles. The summed E-state index contributed by atoms with van der Waals surface area (Å²) < 4.78 is 37.2. The number of halogens is 3. The minimum Gasteiger partial charge on any atom is -0.368 e. The molecule has 0 unspecified atom stereocenters. The minimum atomic E-state index is -4.44. The van der Waals surface area contributed by atoms with Gasteiger partial charge in [0, 0.05) is 6.42 Å². The number of nitriles is 1. The Labute approximate surface area is 124 Å². The Morgan fingerprint density at radius 2 is 1.86 bits per heavy atom. The second-order valence-corrected chi connectivity index (χ2v) is 4.59. The van der Waals surface area contributed by atoms with Gasteiger partial charge in [-0.05, 0) is 24.1 Å². The molecule has 1 atom stereocenters. The van der Waals surface area contributed by atoms with E-state index in [1.807, 2.05) is 6.07 Å². The van der Waals surface area contributed by atoms with E-state index in [0.717, 1.165) is 12.1 Å². The van der Waals surface area contributed by atoms with E-state index in [0.29, 0.717) is 5.56 Å². The van der Waals surface area contributed by atoms with Gasteiger partial charge in [0.2, 0.25) is 11.8 Å². The lowest BCUT2D eigenvalue weighted by Gasteiger charge is -2.14. The largest absolute Gasteiger partial charge is 0.416 e. The number of alkyl halides is 3. The summed E-state index contributed by atoms with van der Waals surface area (Å²) in [5.41, 5.74) is 4.66. The topological polar surface area (TPSA) is 96.0 Å². The molecule has 118 valence electrons. The number of rotatable bonds is 6. The summed E-state index contributed by atoms with van der Waals surface area (Å²) in [6, 6.07) is 5.00. The normalized spacial score (nSPS) is 12.3. The van der Waals surface area contributed by atoms with Gasteiger partial charge in [0.1, 0.15) is 6.04 Å². The van der Waals surface area contributed by atoms with Crippen molar-refractivity contribution >= 4 is 11.8 Å². The van der Waals surface area contributed by atoms with Crippen LogP contribution in [0.25, 0.3) is 0 Å². The molecule has 1 aromatic carbocycles. The number of carbonyl (C=O) groups excluding carboxylic acids is 2. The molecule has 0 saturated carbocycles. The zero-order valence-electron chi connectivity index (χ0n) is 11.5. The van der Waals surface area contributed by atoms with E-state index in [1.54, 1.807) is 0 Å². The van der Waals surface area contributed by atoms with Gasteiger partial charge < -0.3 is 11.1 Å². The molecule has 0 heterocycles. The first kappa shape index (κ1) is 17.5. The molecule has 0 bridgehead atoms. The van der Waals surface area contributed by atoms with Crippen LogP contribution in [0, 0.1) is 11.3 Å². The van der Waals surface area contributed by atoms with Crippen LogP contribution >= 0.6 is 0 Å². The van der Waals surface area contributed by atoms with E-state index >= 15 is 0 Å². The Bertz CT molecular complexity index is 576. The second-order valence-electron chi connectivity index (χ2n) is 4.59. The standard InChI is InChI=1S/C14H14F3N3O2/c15-14(16,17)10-5-3-9(4-6-10)8-12(21)20-11(13(19)22)2-1-7-18/h3-6,11H,1-2,8H2,(H2,19,22)(H,20,21)/t11-/m0/s1. The van der Waals surface area contributed by atoms with Crippen LogP contribution < -0.4 is 11.1 Å². The van der Waals surface area contributed by atoms with Gasteiger partial charge in [-0.1, -0.05) is 12.1 Å². The van der Waals surface area contributed by atoms with Gasteiger partial charge in [-0.15, -0.1) is 0 Å². The number of nitrogens with one attached hydrogen (secondary N) is 1.